The highest BCUT2D eigenvalue weighted by Crippen LogP contribution is 2.37. The summed E-state index contributed by atoms with van der Waals surface area (Å²) in [4.78, 5) is 17.6. The van der Waals surface area contributed by atoms with Crippen molar-refractivity contribution in [3.63, 3.8) is 0 Å². The number of para-hydroxylation sites is 3. The van der Waals surface area contributed by atoms with Crippen LogP contribution < -0.4 is 4.90 Å². The molecular weight excluding hydrogens is 683 g/mol. The quantitative estimate of drug-likeness (QED) is 0.157. The molecule has 0 radical (unpaired) electrons. The maximum absolute atomic E-state index is 5.18. The lowest BCUT2D eigenvalue weighted by Gasteiger charge is -2.25. The van der Waals surface area contributed by atoms with E-state index < -0.39 is 0 Å². The molecule has 2 aromatic heterocycles. The largest absolute Gasteiger partial charge is 0.311 e. The molecule has 0 atom stereocenters. The Kier molecular flexibility index (Phi) is 8.43. The summed E-state index contributed by atoms with van der Waals surface area (Å²) in [6.07, 6.45) is 0. The Bertz CT molecular complexity index is 2890. The van der Waals surface area contributed by atoms with Gasteiger partial charge in [0.05, 0.1) is 11.0 Å². The number of nitrogens with zero attached hydrogens (tertiary/aromatic N) is 5. The number of anilines is 3. The molecule has 8 aromatic carbocycles. The van der Waals surface area contributed by atoms with Crippen molar-refractivity contribution in [1.82, 2.24) is 19.5 Å². The third kappa shape index (κ3) is 6.17. The van der Waals surface area contributed by atoms with Gasteiger partial charge >= 0.3 is 0 Å². The van der Waals surface area contributed by atoms with Gasteiger partial charge in [-0.3, -0.25) is 4.57 Å². The van der Waals surface area contributed by atoms with E-state index in [1.807, 2.05) is 48.5 Å². The number of hydrogen-bond acceptors (Lipinski definition) is 4. The Labute approximate surface area is 325 Å². The van der Waals surface area contributed by atoms with E-state index in [-0.39, 0.29) is 0 Å². The van der Waals surface area contributed by atoms with Crippen molar-refractivity contribution in [3.05, 3.63) is 212 Å². The molecule has 0 fully saturated rings. The summed E-state index contributed by atoms with van der Waals surface area (Å²) in [5.74, 6) is 1.82. The average Bonchev–Trinajstić information content (AvgIpc) is 3.62. The SMILES string of the molecule is c1ccc(-c2ccc3c(c2)c2ccccc2n3-c2nc(-c3ccccc3)nc(-c3ccc(-c4ccc(N(c5ccccc5)c5ccccc5)cc4)cc3)n2)cc1. The highest BCUT2D eigenvalue weighted by molar-refractivity contribution is 6.10. The number of rotatable bonds is 8. The van der Waals surface area contributed by atoms with Crippen LogP contribution in [0.1, 0.15) is 0 Å². The van der Waals surface area contributed by atoms with Gasteiger partial charge in [-0.05, 0) is 76.9 Å². The summed E-state index contributed by atoms with van der Waals surface area (Å²) >= 11 is 0. The molecule has 0 aliphatic carbocycles. The normalized spacial score (nSPS) is 11.2. The molecule has 0 unspecified atom stereocenters. The third-order valence-electron chi connectivity index (χ3n) is 10.3. The van der Waals surface area contributed by atoms with Crippen molar-refractivity contribution in [3.8, 4) is 51.0 Å². The van der Waals surface area contributed by atoms with Crippen LogP contribution in [-0.4, -0.2) is 19.5 Å². The zero-order valence-corrected chi connectivity index (χ0v) is 30.4. The topological polar surface area (TPSA) is 46.8 Å². The van der Waals surface area contributed by atoms with E-state index in [0.717, 1.165) is 61.1 Å². The van der Waals surface area contributed by atoms with Crippen molar-refractivity contribution >= 4 is 38.9 Å². The summed E-state index contributed by atoms with van der Waals surface area (Å²) < 4.78 is 2.17. The summed E-state index contributed by atoms with van der Waals surface area (Å²) in [6, 6.07) is 73.9. The van der Waals surface area contributed by atoms with Crippen molar-refractivity contribution in [2.75, 3.05) is 4.90 Å². The smallest absolute Gasteiger partial charge is 0.238 e. The Morgan fingerprint density at radius 2 is 0.714 bits per heavy atom. The molecule has 264 valence electrons. The van der Waals surface area contributed by atoms with E-state index in [1.165, 1.54) is 11.1 Å². The fraction of sp³-hybridized carbons (Fsp3) is 0. The fourth-order valence-corrected chi connectivity index (χ4v) is 7.52. The Morgan fingerprint density at radius 1 is 0.304 bits per heavy atom. The van der Waals surface area contributed by atoms with Crippen LogP contribution in [0.5, 0.6) is 0 Å². The second kappa shape index (κ2) is 14.3. The molecule has 0 amide bonds. The van der Waals surface area contributed by atoms with E-state index in [1.54, 1.807) is 0 Å². The zero-order chi connectivity index (χ0) is 37.3. The van der Waals surface area contributed by atoms with Gasteiger partial charge in [-0.25, -0.2) is 4.98 Å². The number of benzene rings is 8. The van der Waals surface area contributed by atoms with Gasteiger partial charge in [-0.1, -0.05) is 158 Å². The minimum atomic E-state index is 0.577. The van der Waals surface area contributed by atoms with Crippen LogP contribution in [0.15, 0.2) is 212 Å². The number of aromatic nitrogens is 4. The molecule has 0 saturated carbocycles. The lowest BCUT2D eigenvalue weighted by Crippen LogP contribution is -2.09. The molecule has 10 aromatic rings. The summed E-state index contributed by atoms with van der Waals surface area (Å²) in [5.41, 5.74) is 11.8. The molecule has 0 saturated heterocycles. The van der Waals surface area contributed by atoms with Crippen molar-refractivity contribution in [2.45, 2.75) is 0 Å². The summed E-state index contributed by atoms with van der Waals surface area (Å²) in [7, 11) is 0. The van der Waals surface area contributed by atoms with Gasteiger partial charge in [0.15, 0.2) is 11.6 Å². The Balaban J connectivity index is 1.04. The van der Waals surface area contributed by atoms with Gasteiger partial charge in [-0.15, -0.1) is 0 Å². The zero-order valence-electron chi connectivity index (χ0n) is 30.4. The minimum absolute atomic E-state index is 0.577. The summed E-state index contributed by atoms with van der Waals surface area (Å²) in [5, 5.41) is 2.30. The first-order valence-corrected chi connectivity index (χ1v) is 18.8. The molecule has 0 bridgehead atoms. The number of fused-ring (bicyclic) bond motifs is 3. The van der Waals surface area contributed by atoms with Crippen LogP contribution >= 0.6 is 0 Å². The molecule has 56 heavy (non-hydrogen) atoms. The third-order valence-corrected chi connectivity index (χ3v) is 10.3. The molecule has 10 rings (SSSR count). The molecule has 0 aliphatic rings. The fourth-order valence-electron chi connectivity index (χ4n) is 7.52. The van der Waals surface area contributed by atoms with Gasteiger partial charge in [0.2, 0.25) is 5.95 Å². The standard InChI is InChI=1S/C51H35N5/c1-5-15-36(16-6-1)41-31-34-48-46(35-41)45-23-13-14-24-47(45)56(48)51-53-49(39-17-7-2-8-18-39)52-50(54-51)40-27-25-37(26-28-40)38-29-32-44(33-30-38)55(42-19-9-3-10-20-42)43-21-11-4-12-22-43/h1-35H. The van der Waals surface area contributed by atoms with E-state index in [4.69, 9.17) is 15.0 Å². The molecule has 5 nitrogen and oxygen atoms in total. The monoisotopic (exact) mass is 717 g/mol. The lowest BCUT2D eigenvalue weighted by molar-refractivity contribution is 0.953. The number of hydrogen-bond donors (Lipinski definition) is 0. The Hall–Kier alpha value is -7.63. The van der Waals surface area contributed by atoms with Gasteiger partial charge in [0, 0.05) is 39.0 Å². The second-order valence-corrected chi connectivity index (χ2v) is 13.7. The van der Waals surface area contributed by atoms with Crippen LogP contribution in [0.25, 0.3) is 72.8 Å². The summed E-state index contributed by atoms with van der Waals surface area (Å²) in [6.45, 7) is 0. The van der Waals surface area contributed by atoms with E-state index in [0.29, 0.717) is 17.6 Å². The van der Waals surface area contributed by atoms with Crippen LogP contribution in [0.3, 0.4) is 0 Å². The van der Waals surface area contributed by atoms with Crippen molar-refractivity contribution in [1.29, 1.82) is 0 Å². The molecule has 0 N–H and O–H groups in total. The average molecular weight is 718 g/mol. The van der Waals surface area contributed by atoms with Gasteiger partial charge in [-0.2, -0.15) is 9.97 Å². The molecule has 0 spiro atoms. The first-order chi connectivity index (χ1) is 27.8. The van der Waals surface area contributed by atoms with Gasteiger partial charge in [0.25, 0.3) is 0 Å². The van der Waals surface area contributed by atoms with Crippen molar-refractivity contribution < 1.29 is 0 Å². The van der Waals surface area contributed by atoms with Gasteiger partial charge in [0.1, 0.15) is 0 Å². The molecule has 2 heterocycles. The predicted molar refractivity (Wildman–Crippen MR) is 231 cm³/mol. The first kappa shape index (κ1) is 33.0. The lowest BCUT2D eigenvalue weighted by atomic mass is 10.0. The highest BCUT2D eigenvalue weighted by atomic mass is 15.2. The molecule has 5 heteroatoms. The maximum Gasteiger partial charge on any atom is 0.238 e. The Morgan fingerprint density at radius 3 is 1.32 bits per heavy atom. The molecule has 0 aliphatic heterocycles. The van der Waals surface area contributed by atoms with Crippen LogP contribution in [0, 0.1) is 0 Å². The highest BCUT2D eigenvalue weighted by Gasteiger charge is 2.19. The van der Waals surface area contributed by atoms with Crippen LogP contribution in [0.4, 0.5) is 17.1 Å². The van der Waals surface area contributed by atoms with E-state index >= 15 is 0 Å². The predicted octanol–water partition coefficient (Wildman–Crippen LogP) is 13.1. The molecular formula is C51H35N5. The second-order valence-electron chi connectivity index (χ2n) is 13.7. The van der Waals surface area contributed by atoms with Crippen LogP contribution in [0.2, 0.25) is 0 Å². The minimum Gasteiger partial charge on any atom is -0.311 e. The van der Waals surface area contributed by atoms with Gasteiger partial charge < -0.3 is 4.90 Å². The maximum atomic E-state index is 5.18. The van der Waals surface area contributed by atoms with E-state index in [9.17, 15) is 0 Å². The first-order valence-electron chi connectivity index (χ1n) is 18.8. The van der Waals surface area contributed by atoms with Crippen molar-refractivity contribution in [2.24, 2.45) is 0 Å². The van der Waals surface area contributed by atoms with E-state index in [2.05, 4.69) is 173 Å². The van der Waals surface area contributed by atoms with Crippen LogP contribution in [-0.2, 0) is 0 Å².